The van der Waals surface area contributed by atoms with Crippen LogP contribution in [0.5, 0.6) is 5.75 Å². The maximum atomic E-state index is 13.9. The predicted molar refractivity (Wildman–Crippen MR) is 338 cm³/mol. The number of aromatic nitrogens is 3. The Balaban J connectivity index is 0.654. The van der Waals surface area contributed by atoms with Crippen LogP contribution in [0, 0.1) is 12.0 Å². The molecule has 0 atom stereocenters. The van der Waals surface area contributed by atoms with E-state index in [2.05, 4.69) is 60.0 Å². The zero-order valence-corrected chi connectivity index (χ0v) is 51.8. The van der Waals surface area contributed by atoms with Crippen molar-refractivity contribution in [3.05, 3.63) is 127 Å². The van der Waals surface area contributed by atoms with Crippen molar-refractivity contribution >= 4 is 78.7 Å². The first kappa shape index (κ1) is 67.5. The lowest BCUT2D eigenvalue weighted by Crippen LogP contribution is -2.49. The summed E-state index contributed by atoms with van der Waals surface area (Å²) in [5.74, 6) is 3.18. The average Bonchev–Trinajstić information content (AvgIpc) is 2.96. The minimum absolute atomic E-state index is 0.0298. The van der Waals surface area contributed by atoms with E-state index in [1.807, 2.05) is 53.4 Å². The molecule has 0 radical (unpaired) electrons. The molecule has 6 N–H and O–H groups in total. The van der Waals surface area contributed by atoms with Crippen molar-refractivity contribution in [2.45, 2.75) is 68.8 Å². The van der Waals surface area contributed by atoms with Gasteiger partial charge < -0.3 is 74.6 Å². The molecule has 90 heavy (non-hydrogen) atoms. The number of methoxy groups -OCH3 is 1. The van der Waals surface area contributed by atoms with Gasteiger partial charge >= 0.3 is 6.18 Å². The van der Waals surface area contributed by atoms with Gasteiger partial charge in [0.25, 0.3) is 5.91 Å². The van der Waals surface area contributed by atoms with Gasteiger partial charge in [-0.2, -0.15) is 18.2 Å². The van der Waals surface area contributed by atoms with Crippen molar-refractivity contribution in [2.24, 2.45) is 0 Å². The zero-order valence-electron chi connectivity index (χ0n) is 51.0. The van der Waals surface area contributed by atoms with Crippen molar-refractivity contribution in [3.8, 4) is 17.7 Å². The van der Waals surface area contributed by atoms with Gasteiger partial charge in [-0.15, -0.1) is 6.58 Å². The number of fused-ring (bicyclic) bond motifs is 1. The number of amides is 3. The molecule has 0 bridgehead atoms. The van der Waals surface area contributed by atoms with E-state index in [0.717, 1.165) is 22.2 Å². The van der Waals surface area contributed by atoms with Gasteiger partial charge in [0.1, 0.15) is 23.7 Å². The topological polar surface area (TPSA) is 252 Å². The minimum Gasteiger partial charge on any atom is -0.495 e. The van der Waals surface area contributed by atoms with Crippen LogP contribution in [-0.2, 0) is 50.5 Å². The van der Waals surface area contributed by atoms with Crippen LogP contribution in [0.4, 0.5) is 53.4 Å². The summed E-state index contributed by atoms with van der Waals surface area (Å²) in [5.41, 5.74) is 3.69. The number of anilines is 7. The van der Waals surface area contributed by atoms with Gasteiger partial charge in [0.05, 0.1) is 100 Å². The number of piperazine rings is 1. The van der Waals surface area contributed by atoms with E-state index in [0.29, 0.717) is 125 Å². The number of aliphatic hydroxyl groups is 1. The normalized spacial score (nSPS) is 14.0. The quantitative estimate of drug-likeness (QED) is 0.0108. The number of nitrogens with one attached hydrogen (secondary N) is 5. The van der Waals surface area contributed by atoms with Gasteiger partial charge in [-0.05, 0) is 105 Å². The molecule has 0 saturated carbocycles. The third kappa shape index (κ3) is 19.8. The number of alkyl halides is 3. The summed E-state index contributed by atoms with van der Waals surface area (Å²) < 4.78 is 94.6. The summed E-state index contributed by atoms with van der Waals surface area (Å²) in [7, 11) is -2.14. The Labute approximate surface area is 522 Å². The second kappa shape index (κ2) is 31.8. The summed E-state index contributed by atoms with van der Waals surface area (Å²) in [6, 6.07) is 28.6. The van der Waals surface area contributed by atoms with Crippen molar-refractivity contribution in [2.75, 3.05) is 138 Å². The standard InChI is InChI=1S/C64H78F3N11O11S/c1-6-24-69-61(81)53-43-70-62(74-60(53)72-48-10-7-9-45(40-48)63(2,3)82)73-46-13-15-49(16-14-46)75-28-30-77(31-29-75)59(80)23-33-87-35-37-89-39-38-88-36-34-86-32-22-58(79)76-26-20-47(21-27-76)71-54-11-8-12-56-52(54)41-50(78(56)44-64(65,66)67)19-25-68-55-18-17-51(90(5,83)84)42-57(55)85-4/h6-18,40-43,47,68,71,82H,1,20-24,26-39,44H2,2-5H3,(H,69,81)(H2,70,72,73,74). The second-order valence-corrected chi connectivity index (χ2v) is 24.0. The zero-order chi connectivity index (χ0) is 64.3. The first-order valence-corrected chi connectivity index (χ1v) is 31.5. The molecular weight excluding hydrogens is 1190 g/mol. The maximum Gasteiger partial charge on any atom is 0.406 e. The van der Waals surface area contributed by atoms with E-state index in [1.54, 1.807) is 49.1 Å². The molecule has 482 valence electrons. The maximum absolute atomic E-state index is 13.9. The SMILES string of the molecule is C=CCNC(=O)c1cnc(Nc2ccc(N3CCN(C(=O)CCOCCOCCOCCOCCC(=O)N4CCC(Nc5cccc6c5cc(C#CNc5ccc(S(C)(=O)=O)cc5OC)n6CC(F)(F)F)CC4)CC3)cc2)nc1Nc1cccc(C(C)(C)O)c1. The number of carbonyl (C=O) groups excluding carboxylic acids is 3. The van der Waals surface area contributed by atoms with Crippen LogP contribution in [-0.4, -0.2) is 180 Å². The van der Waals surface area contributed by atoms with Crippen LogP contribution in [0.2, 0.25) is 0 Å². The predicted octanol–water partition coefficient (Wildman–Crippen LogP) is 8.06. The number of piperidine rings is 1. The summed E-state index contributed by atoms with van der Waals surface area (Å²) in [6.07, 6.45) is 1.32. The number of halogens is 3. The number of sulfone groups is 1. The van der Waals surface area contributed by atoms with E-state index in [4.69, 9.17) is 23.7 Å². The van der Waals surface area contributed by atoms with Crippen molar-refractivity contribution in [1.29, 1.82) is 0 Å². The highest BCUT2D eigenvalue weighted by Crippen LogP contribution is 2.33. The molecule has 2 saturated heterocycles. The number of ether oxygens (including phenoxy) is 5. The molecule has 6 aromatic rings. The van der Waals surface area contributed by atoms with Crippen molar-refractivity contribution < 1.29 is 64.8 Å². The molecule has 22 nitrogen and oxygen atoms in total. The first-order chi connectivity index (χ1) is 43.1. The van der Waals surface area contributed by atoms with Crippen LogP contribution >= 0.6 is 0 Å². The molecule has 0 aliphatic carbocycles. The number of nitrogens with zero attached hydrogens (tertiary/aromatic N) is 6. The number of hydrogen-bond donors (Lipinski definition) is 6. The minimum atomic E-state index is -4.53. The Morgan fingerprint density at radius 2 is 1.40 bits per heavy atom. The number of hydrogen-bond acceptors (Lipinski definition) is 18. The highest BCUT2D eigenvalue weighted by molar-refractivity contribution is 7.90. The third-order valence-electron chi connectivity index (χ3n) is 14.9. The van der Waals surface area contributed by atoms with Crippen LogP contribution in [0.3, 0.4) is 0 Å². The molecule has 3 amide bonds. The van der Waals surface area contributed by atoms with Crippen molar-refractivity contribution in [3.63, 3.8) is 0 Å². The number of benzene rings is 4. The van der Waals surface area contributed by atoms with Gasteiger partial charge in [0, 0.05) is 105 Å². The van der Waals surface area contributed by atoms with Crippen LogP contribution in [0.25, 0.3) is 10.9 Å². The monoisotopic (exact) mass is 1270 g/mol. The molecule has 26 heteroatoms. The summed E-state index contributed by atoms with van der Waals surface area (Å²) >= 11 is 0. The molecule has 2 aliphatic heterocycles. The van der Waals surface area contributed by atoms with E-state index in [-0.39, 0.29) is 90.0 Å². The van der Waals surface area contributed by atoms with Gasteiger partial charge in [0.15, 0.2) is 9.84 Å². The highest BCUT2D eigenvalue weighted by atomic mass is 32.2. The molecule has 4 heterocycles. The molecule has 2 aliphatic rings. The number of carbonyl (C=O) groups is 3. The molecule has 8 rings (SSSR count). The van der Waals surface area contributed by atoms with Crippen molar-refractivity contribution in [1.82, 2.24) is 29.7 Å². The van der Waals surface area contributed by atoms with E-state index in [9.17, 15) is 41.1 Å². The summed E-state index contributed by atoms with van der Waals surface area (Å²) in [6.45, 7) is 12.1. The Morgan fingerprint density at radius 3 is 2.01 bits per heavy atom. The van der Waals surface area contributed by atoms with Gasteiger partial charge in [-0.1, -0.05) is 24.3 Å². The first-order valence-electron chi connectivity index (χ1n) is 29.6. The fourth-order valence-electron chi connectivity index (χ4n) is 10.1. The smallest absolute Gasteiger partial charge is 0.406 e. The van der Waals surface area contributed by atoms with Gasteiger partial charge in [-0.25, -0.2) is 13.4 Å². The lowest BCUT2D eigenvalue weighted by Gasteiger charge is -2.36. The van der Waals surface area contributed by atoms with Gasteiger partial charge in [0.2, 0.25) is 17.8 Å². The molecule has 4 aromatic carbocycles. The fraction of sp³-hybridized carbons (Fsp3) is 0.422. The lowest BCUT2D eigenvalue weighted by molar-refractivity contribution is -0.140. The Kier molecular flexibility index (Phi) is 23.9. The van der Waals surface area contributed by atoms with E-state index >= 15 is 0 Å². The highest BCUT2D eigenvalue weighted by Gasteiger charge is 2.31. The largest absolute Gasteiger partial charge is 0.495 e. The molecule has 0 unspecified atom stereocenters. The molecule has 2 aromatic heterocycles. The van der Waals surface area contributed by atoms with Gasteiger partial charge in [-0.3, -0.25) is 14.4 Å². The third-order valence-corrected chi connectivity index (χ3v) is 16.0. The second-order valence-electron chi connectivity index (χ2n) is 22.0. The average molecular weight is 1270 g/mol. The Bertz CT molecular complexity index is 3590. The molecular formula is C64H78F3N11O11S. The summed E-state index contributed by atoms with van der Waals surface area (Å²) in [4.78, 5) is 54.0. The van der Waals surface area contributed by atoms with Crippen LogP contribution in [0.15, 0.2) is 115 Å². The fourth-order valence-corrected chi connectivity index (χ4v) is 10.7. The number of rotatable bonds is 30. The summed E-state index contributed by atoms with van der Waals surface area (Å²) in [5, 5.41) is 26.6. The Hall–Kier alpha value is -8.45. The molecule has 0 spiro atoms. The van der Waals surface area contributed by atoms with E-state index < -0.39 is 28.2 Å². The molecule has 2 fully saturated rings. The lowest BCUT2D eigenvalue weighted by atomic mass is 9.98. The number of likely N-dealkylation sites (tertiary alicyclic amines) is 1. The van der Waals surface area contributed by atoms with Crippen LogP contribution in [0.1, 0.15) is 61.1 Å². The van der Waals surface area contributed by atoms with Crippen LogP contribution < -0.4 is 36.2 Å². The van der Waals surface area contributed by atoms with E-state index in [1.165, 1.54) is 31.5 Å². The Morgan fingerprint density at radius 1 is 0.767 bits per heavy atom.